The largest absolute Gasteiger partial charge is 0.352 e. The van der Waals surface area contributed by atoms with Crippen molar-refractivity contribution >= 4 is 23.2 Å². The van der Waals surface area contributed by atoms with Crippen molar-refractivity contribution in [3.05, 3.63) is 21.9 Å². The van der Waals surface area contributed by atoms with Gasteiger partial charge in [0.25, 0.3) is 5.91 Å². The Balaban J connectivity index is 1.94. The third kappa shape index (κ3) is 3.52. The molecule has 6 nitrogen and oxygen atoms in total. The Labute approximate surface area is 115 Å². The van der Waals surface area contributed by atoms with Crippen LogP contribution in [0.3, 0.4) is 0 Å². The molecule has 1 aliphatic heterocycles. The summed E-state index contributed by atoms with van der Waals surface area (Å²) < 4.78 is 0. The molecule has 7 heteroatoms. The summed E-state index contributed by atoms with van der Waals surface area (Å²) in [5.41, 5.74) is 3.15. The summed E-state index contributed by atoms with van der Waals surface area (Å²) in [6, 6.07) is 2.16. The Bertz CT molecular complexity index is 474. The molecule has 1 aromatic heterocycles. The van der Waals surface area contributed by atoms with Gasteiger partial charge in [-0.15, -0.1) is 11.3 Å². The molecule has 0 aliphatic carbocycles. The Hall–Kier alpha value is -1.44. The topological polar surface area (TPSA) is 87.5 Å². The highest BCUT2D eigenvalue weighted by molar-refractivity contribution is 7.12. The van der Waals surface area contributed by atoms with E-state index in [-0.39, 0.29) is 17.9 Å². The number of hydrogen-bond acceptors (Lipinski definition) is 5. The fraction of sp³-hybridized carbons (Fsp3) is 0.500. The molecule has 1 aromatic rings. The van der Waals surface area contributed by atoms with Gasteiger partial charge in [0.2, 0.25) is 5.91 Å². The zero-order valence-corrected chi connectivity index (χ0v) is 11.6. The van der Waals surface area contributed by atoms with Gasteiger partial charge >= 0.3 is 0 Å². The van der Waals surface area contributed by atoms with Crippen molar-refractivity contribution < 1.29 is 9.59 Å². The first-order chi connectivity index (χ1) is 9.10. The van der Waals surface area contributed by atoms with Crippen LogP contribution in [0.4, 0.5) is 0 Å². The van der Waals surface area contributed by atoms with Crippen LogP contribution in [0, 0.1) is 0 Å². The van der Waals surface area contributed by atoms with Crippen molar-refractivity contribution in [2.75, 3.05) is 13.1 Å². The molecule has 0 aromatic carbocycles. The smallest absolute Gasteiger partial charge is 0.275 e. The summed E-state index contributed by atoms with van der Waals surface area (Å²) in [4.78, 5) is 25.5. The number of nitrogens with zero attached hydrogens (tertiary/aromatic N) is 1. The molecular weight excluding hydrogens is 264 g/mol. The Morgan fingerprint density at radius 2 is 2.37 bits per heavy atom. The van der Waals surface area contributed by atoms with Gasteiger partial charge in [0.1, 0.15) is 0 Å². The van der Waals surface area contributed by atoms with Gasteiger partial charge in [-0.3, -0.25) is 19.9 Å². The van der Waals surface area contributed by atoms with Crippen molar-refractivity contribution in [2.45, 2.75) is 25.9 Å². The van der Waals surface area contributed by atoms with Gasteiger partial charge < -0.3 is 5.32 Å². The number of nitrogens with one attached hydrogen (secondary N) is 2. The van der Waals surface area contributed by atoms with E-state index in [2.05, 4.69) is 15.6 Å². The third-order valence-electron chi connectivity index (χ3n) is 3.16. The lowest BCUT2D eigenvalue weighted by molar-refractivity contribution is -0.119. The lowest BCUT2D eigenvalue weighted by Crippen LogP contribution is -2.35. The Kier molecular flexibility index (Phi) is 4.52. The highest BCUT2D eigenvalue weighted by atomic mass is 32.1. The van der Waals surface area contributed by atoms with Gasteiger partial charge in [-0.1, -0.05) is 0 Å². The van der Waals surface area contributed by atoms with E-state index in [4.69, 9.17) is 5.84 Å². The van der Waals surface area contributed by atoms with E-state index in [0.717, 1.165) is 25.1 Å². The number of amides is 2. The van der Waals surface area contributed by atoms with Crippen LogP contribution in [0.2, 0.25) is 0 Å². The van der Waals surface area contributed by atoms with E-state index in [1.54, 1.807) is 0 Å². The fourth-order valence-corrected chi connectivity index (χ4v) is 3.17. The summed E-state index contributed by atoms with van der Waals surface area (Å²) in [5.74, 6) is 4.92. The van der Waals surface area contributed by atoms with Gasteiger partial charge in [0.15, 0.2) is 0 Å². The molecule has 1 unspecified atom stereocenters. The van der Waals surface area contributed by atoms with Crippen molar-refractivity contribution in [1.82, 2.24) is 15.6 Å². The average molecular weight is 282 g/mol. The average Bonchev–Trinajstić information content (AvgIpc) is 2.98. The van der Waals surface area contributed by atoms with Crippen LogP contribution in [0.1, 0.15) is 28.6 Å². The molecule has 1 saturated heterocycles. The molecule has 0 radical (unpaired) electrons. The standard InChI is InChI=1S/C12H18N4O2S/c1-8(17)14-10-2-4-16(7-10)6-9-3-5-19-11(9)12(18)15-13/h3,5,10H,2,4,6-7,13H2,1H3,(H,14,17)(H,15,18). The lowest BCUT2D eigenvalue weighted by atomic mass is 10.2. The predicted octanol–water partition coefficient (Wildman–Crippen LogP) is 0.0620. The zero-order chi connectivity index (χ0) is 13.8. The maximum Gasteiger partial charge on any atom is 0.275 e. The highest BCUT2D eigenvalue weighted by Crippen LogP contribution is 2.20. The van der Waals surface area contributed by atoms with Gasteiger partial charge in [0.05, 0.1) is 4.88 Å². The van der Waals surface area contributed by atoms with E-state index in [1.165, 1.54) is 18.3 Å². The van der Waals surface area contributed by atoms with E-state index in [9.17, 15) is 9.59 Å². The molecule has 1 fully saturated rings. The second-order valence-electron chi connectivity index (χ2n) is 4.67. The first kappa shape index (κ1) is 14.0. The van der Waals surface area contributed by atoms with Crippen molar-refractivity contribution in [2.24, 2.45) is 5.84 Å². The van der Waals surface area contributed by atoms with Crippen LogP contribution in [0.25, 0.3) is 0 Å². The highest BCUT2D eigenvalue weighted by Gasteiger charge is 2.24. The van der Waals surface area contributed by atoms with Crippen LogP contribution in [-0.4, -0.2) is 35.8 Å². The van der Waals surface area contributed by atoms with Gasteiger partial charge in [-0.05, 0) is 23.4 Å². The van der Waals surface area contributed by atoms with Crippen LogP contribution < -0.4 is 16.6 Å². The minimum atomic E-state index is -0.248. The fourth-order valence-electron chi connectivity index (χ4n) is 2.35. The van der Waals surface area contributed by atoms with E-state index in [0.29, 0.717) is 11.4 Å². The van der Waals surface area contributed by atoms with Crippen LogP contribution in [0.15, 0.2) is 11.4 Å². The Morgan fingerprint density at radius 1 is 1.58 bits per heavy atom. The zero-order valence-electron chi connectivity index (χ0n) is 10.8. The minimum Gasteiger partial charge on any atom is -0.352 e. The first-order valence-electron chi connectivity index (χ1n) is 6.17. The summed E-state index contributed by atoms with van der Waals surface area (Å²) >= 11 is 1.39. The van der Waals surface area contributed by atoms with Crippen molar-refractivity contribution in [1.29, 1.82) is 0 Å². The molecule has 0 saturated carbocycles. The normalized spacial score (nSPS) is 19.4. The third-order valence-corrected chi connectivity index (χ3v) is 4.11. The van der Waals surface area contributed by atoms with Gasteiger partial charge in [-0.25, -0.2) is 5.84 Å². The number of hydrogen-bond donors (Lipinski definition) is 3. The maximum atomic E-state index is 11.6. The number of carbonyl (C=O) groups excluding carboxylic acids is 2. The molecule has 0 bridgehead atoms. The van der Waals surface area contributed by atoms with E-state index >= 15 is 0 Å². The molecular formula is C12H18N4O2S. The molecule has 1 aliphatic rings. The quantitative estimate of drug-likeness (QED) is 0.414. The molecule has 19 heavy (non-hydrogen) atoms. The van der Waals surface area contributed by atoms with Crippen molar-refractivity contribution in [3.8, 4) is 0 Å². The number of thiophene rings is 1. The number of carbonyl (C=O) groups is 2. The lowest BCUT2D eigenvalue weighted by Gasteiger charge is -2.16. The summed E-state index contributed by atoms with van der Waals surface area (Å²) in [6.07, 6.45) is 0.947. The van der Waals surface area contributed by atoms with Gasteiger partial charge in [-0.2, -0.15) is 0 Å². The second kappa shape index (κ2) is 6.14. The number of hydrazine groups is 1. The molecule has 2 amide bonds. The molecule has 104 valence electrons. The summed E-state index contributed by atoms with van der Waals surface area (Å²) in [5, 5.41) is 4.81. The molecule has 0 spiro atoms. The van der Waals surface area contributed by atoms with Crippen LogP contribution >= 0.6 is 11.3 Å². The van der Waals surface area contributed by atoms with Gasteiger partial charge in [0, 0.05) is 32.6 Å². The monoisotopic (exact) mass is 282 g/mol. The second-order valence-corrected chi connectivity index (χ2v) is 5.59. The maximum absolute atomic E-state index is 11.6. The summed E-state index contributed by atoms with van der Waals surface area (Å²) in [6.45, 7) is 3.98. The van der Waals surface area contributed by atoms with E-state index < -0.39 is 0 Å². The molecule has 1 atom stereocenters. The molecule has 2 heterocycles. The van der Waals surface area contributed by atoms with Crippen LogP contribution in [-0.2, 0) is 11.3 Å². The number of likely N-dealkylation sites (tertiary alicyclic amines) is 1. The SMILES string of the molecule is CC(=O)NC1CCN(Cc2ccsc2C(=O)NN)C1. The Morgan fingerprint density at radius 3 is 3.05 bits per heavy atom. The minimum absolute atomic E-state index is 0.00517. The molecule has 4 N–H and O–H groups in total. The predicted molar refractivity (Wildman–Crippen MR) is 73.5 cm³/mol. The number of nitrogens with two attached hydrogens (primary N) is 1. The number of nitrogen functional groups attached to an aromatic ring is 1. The van der Waals surface area contributed by atoms with Crippen LogP contribution in [0.5, 0.6) is 0 Å². The van der Waals surface area contributed by atoms with E-state index in [1.807, 2.05) is 11.4 Å². The summed E-state index contributed by atoms with van der Waals surface area (Å²) in [7, 11) is 0. The molecule has 2 rings (SSSR count). The number of rotatable bonds is 4. The van der Waals surface area contributed by atoms with Crippen molar-refractivity contribution in [3.63, 3.8) is 0 Å². The first-order valence-corrected chi connectivity index (χ1v) is 7.05.